The van der Waals surface area contributed by atoms with E-state index in [4.69, 9.17) is 0 Å². The van der Waals surface area contributed by atoms with Crippen LogP contribution in [0.3, 0.4) is 0 Å². The van der Waals surface area contributed by atoms with Crippen molar-refractivity contribution in [2.45, 2.75) is 77.9 Å². The molecule has 114 valence electrons. The molecule has 0 aliphatic heterocycles. The van der Waals surface area contributed by atoms with Crippen LogP contribution in [0.4, 0.5) is 0 Å². The Hall–Kier alpha value is -0.350. The number of hydrogen-bond donors (Lipinski definition) is 1. The highest BCUT2D eigenvalue weighted by molar-refractivity contribution is 9.10. The smallest absolute Gasteiger partial charge is 0.0738 e. The molecular formula is C16H27BrN2O. The van der Waals surface area contributed by atoms with Crippen molar-refractivity contribution in [2.24, 2.45) is 5.92 Å². The van der Waals surface area contributed by atoms with Crippen LogP contribution >= 0.6 is 15.9 Å². The van der Waals surface area contributed by atoms with Gasteiger partial charge in [-0.25, -0.2) is 0 Å². The maximum atomic E-state index is 10.6. The molecule has 4 heteroatoms. The summed E-state index contributed by atoms with van der Waals surface area (Å²) in [6, 6.07) is 0. The first-order valence-electron chi connectivity index (χ1n) is 8.03. The van der Waals surface area contributed by atoms with Crippen molar-refractivity contribution in [1.82, 2.24) is 9.78 Å². The van der Waals surface area contributed by atoms with Gasteiger partial charge in [0.05, 0.1) is 22.0 Å². The predicted octanol–water partition coefficient (Wildman–Crippen LogP) is 4.24. The van der Waals surface area contributed by atoms with Gasteiger partial charge < -0.3 is 5.11 Å². The van der Waals surface area contributed by atoms with Gasteiger partial charge in [-0.05, 0) is 48.5 Å². The van der Waals surface area contributed by atoms with E-state index in [2.05, 4.69) is 28.0 Å². The van der Waals surface area contributed by atoms with E-state index in [1.54, 1.807) is 0 Å². The highest BCUT2D eigenvalue weighted by atomic mass is 79.9. The van der Waals surface area contributed by atoms with Crippen molar-refractivity contribution >= 4 is 15.9 Å². The summed E-state index contributed by atoms with van der Waals surface area (Å²) in [4.78, 5) is 0. The van der Waals surface area contributed by atoms with Crippen LogP contribution < -0.4 is 0 Å². The summed E-state index contributed by atoms with van der Waals surface area (Å²) in [5.41, 5.74) is 2.17. The van der Waals surface area contributed by atoms with Gasteiger partial charge in [-0.15, -0.1) is 0 Å². The van der Waals surface area contributed by atoms with E-state index in [-0.39, 0.29) is 6.10 Å². The van der Waals surface area contributed by atoms with Crippen molar-refractivity contribution in [1.29, 1.82) is 0 Å². The number of aromatic nitrogens is 2. The molecule has 0 spiro atoms. The van der Waals surface area contributed by atoms with Gasteiger partial charge in [-0.2, -0.15) is 5.10 Å². The van der Waals surface area contributed by atoms with Crippen LogP contribution in [0.15, 0.2) is 4.47 Å². The molecule has 0 radical (unpaired) electrons. The summed E-state index contributed by atoms with van der Waals surface area (Å²) in [6.45, 7) is 4.98. The van der Waals surface area contributed by atoms with Crippen LogP contribution in [0.5, 0.6) is 0 Å². The molecule has 1 unspecified atom stereocenters. The SMILES string of the molecule is CCn1nc(C)c(Br)c1CC(O)C1CCCCCCC1. The first-order chi connectivity index (χ1) is 9.63. The Morgan fingerprint density at radius 3 is 2.45 bits per heavy atom. The fourth-order valence-corrected chi connectivity index (χ4v) is 3.75. The van der Waals surface area contributed by atoms with Crippen LogP contribution in [-0.4, -0.2) is 21.0 Å². The lowest BCUT2D eigenvalue weighted by atomic mass is 9.85. The van der Waals surface area contributed by atoms with Gasteiger partial charge in [0.2, 0.25) is 0 Å². The zero-order valence-electron chi connectivity index (χ0n) is 12.7. The molecule has 2 rings (SSSR count). The lowest BCUT2D eigenvalue weighted by molar-refractivity contribution is 0.0892. The Morgan fingerprint density at radius 2 is 1.85 bits per heavy atom. The molecule has 3 nitrogen and oxygen atoms in total. The van der Waals surface area contributed by atoms with Gasteiger partial charge >= 0.3 is 0 Å². The van der Waals surface area contributed by atoms with Gasteiger partial charge in [0.15, 0.2) is 0 Å². The number of rotatable bonds is 4. The Bertz CT molecular complexity index is 422. The summed E-state index contributed by atoms with van der Waals surface area (Å²) >= 11 is 3.63. The average molecular weight is 343 g/mol. The van der Waals surface area contributed by atoms with E-state index in [0.29, 0.717) is 5.92 Å². The van der Waals surface area contributed by atoms with Crippen LogP contribution in [0.1, 0.15) is 63.3 Å². The van der Waals surface area contributed by atoms with E-state index < -0.39 is 0 Å². The molecule has 20 heavy (non-hydrogen) atoms. The molecule has 1 atom stereocenters. The number of aliphatic hydroxyl groups excluding tert-OH is 1. The molecule has 1 heterocycles. The lowest BCUT2D eigenvalue weighted by Gasteiger charge is -2.25. The van der Waals surface area contributed by atoms with Gasteiger partial charge in [0.25, 0.3) is 0 Å². The Morgan fingerprint density at radius 1 is 1.25 bits per heavy atom. The summed E-state index contributed by atoms with van der Waals surface area (Å²) < 4.78 is 3.09. The third-order valence-corrected chi connectivity index (χ3v) is 5.58. The number of hydrogen-bond acceptors (Lipinski definition) is 2. The van der Waals surface area contributed by atoms with Crippen LogP contribution in [0.25, 0.3) is 0 Å². The highest BCUT2D eigenvalue weighted by Gasteiger charge is 2.23. The van der Waals surface area contributed by atoms with Crippen molar-refractivity contribution < 1.29 is 5.11 Å². The largest absolute Gasteiger partial charge is 0.392 e. The normalized spacial score (nSPS) is 19.6. The Labute approximate surface area is 130 Å². The number of aliphatic hydroxyl groups is 1. The van der Waals surface area contributed by atoms with Gasteiger partial charge in [0.1, 0.15) is 0 Å². The molecule has 1 aliphatic rings. The lowest BCUT2D eigenvalue weighted by Crippen LogP contribution is -2.25. The third kappa shape index (κ3) is 3.85. The monoisotopic (exact) mass is 342 g/mol. The van der Waals surface area contributed by atoms with Gasteiger partial charge in [0, 0.05) is 13.0 Å². The minimum Gasteiger partial charge on any atom is -0.392 e. The second-order valence-electron chi connectivity index (χ2n) is 6.04. The van der Waals surface area contributed by atoms with Crippen molar-refractivity contribution in [2.75, 3.05) is 0 Å². The standard InChI is InChI=1S/C16H27BrN2O/c1-3-19-14(16(17)12(2)18-19)11-15(20)13-9-7-5-4-6-8-10-13/h13,15,20H,3-11H2,1-2H3. The molecule has 0 amide bonds. The minimum atomic E-state index is -0.231. The first-order valence-corrected chi connectivity index (χ1v) is 8.82. The Kier molecular flexibility index (Phi) is 6.09. The van der Waals surface area contributed by atoms with Crippen molar-refractivity contribution in [3.63, 3.8) is 0 Å². The maximum Gasteiger partial charge on any atom is 0.0738 e. The second kappa shape index (κ2) is 7.60. The summed E-state index contributed by atoms with van der Waals surface area (Å²) in [5, 5.41) is 15.2. The molecule has 0 aromatic carbocycles. The number of aryl methyl sites for hydroxylation is 2. The fraction of sp³-hybridized carbons (Fsp3) is 0.812. The molecule has 1 aromatic rings. The van der Waals surface area contributed by atoms with Crippen molar-refractivity contribution in [3.05, 3.63) is 15.9 Å². The zero-order valence-corrected chi connectivity index (χ0v) is 14.3. The number of nitrogens with zero attached hydrogens (tertiary/aromatic N) is 2. The second-order valence-corrected chi connectivity index (χ2v) is 6.83. The van der Waals surface area contributed by atoms with E-state index in [1.165, 1.54) is 44.9 Å². The zero-order chi connectivity index (χ0) is 14.5. The molecule has 1 aromatic heterocycles. The summed E-state index contributed by atoms with van der Waals surface area (Å²) in [6.07, 6.45) is 9.43. The van der Waals surface area contributed by atoms with Gasteiger partial charge in [-0.1, -0.05) is 32.1 Å². The van der Waals surface area contributed by atoms with E-state index in [0.717, 1.165) is 28.8 Å². The number of halogens is 1. The summed E-state index contributed by atoms with van der Waals surface area (Å²) in [5.74, 6) is 0.461. The molecule has 0 bridgehead atoms. The molecular weight excluding hydrogens is 316 g/mol. The van der Waals surface area contributed by atoms with E-state index in [1.807, 2.05) is 11.6 Å². The highest BCUT2D eigenvalue weighted by Crippen LogP contribution is 2.29. The van der Waals surface area contributed by atoms with Crippen LogP contribution in [0, 0.1) is 12.8 Å². The predicted molar refractivity (Wildman–Crippen MR) is 85.9 cm³/mol. The quantitative estimate of drug-likeness (QED) is 0.888. The van der Waals surface area contributed by atoms with Crippen LogP contribution in [-0.2, 0) is 13.0 Å². The molecule has 1 aliphatic carbocycles. The molecule has 1 N–H and O–H groups in total. The summed E-state index contributed by atoms with van der Waals surface area (Å²) in [7, 11) is 0. The Balaban J connectivity index is 2.04. The van der Waals surface area contributed by atoms with Gasteiger partial charge in [-0.3, -0.25) is 4.68 Å². The molecule has 0 saturated heterocycles. The topological polar surface area (TPSA) is 38.0 Å². The third-order valence-electron chi connectivity index (χ3n) is 4.55. The maximum absolute atomic E-state index is 10.6. The van der Waals surface area contributed by atoms with E-state index in [9.17, 15) is 5.11 Å². The molecule has 1 saturated carbocycles. The van der Waals surface area contributed by atoms with Crippen LogP contribution in [0.2, 0.25) is 0 Å². The van der Waals surface area contributed by atoms with E-state index >= 15 is 0 Å². The molecule has 1 fully saturated rings. The average Bonchev–Trinajstić information content (AvgIpc) is 2.66. The fourth-order valence-electron chi connectivity index (χ4n) is 3.30. The first kappa shape index (κ1) is 16.0. The minimum absolute atomic E-state index is 0.231. The van der Waals surface area contributed by atoms with Crippen molar-refractivity contribution in [3.8, 4) is 0 Å².